The molecule has 0 spiro atoms. The number of fused-ring (bicyclic) bond motifs is 2. The van der Waals surface area contributed by atoms with Gasteiger partial charge in [0.1, 0.15) is 17.6 Å². The number of nitro benzene ring substituents is 1. The van der Waals surface area contributed by atoms with E-state index >= 15 is 0 Å². The standard InChI is InChI=1S/C27H17BrClN3O6S2/c28-14-3-10-19(38-12-13-1-4-15(29)5-2-13)18(11-14)20-21-23(39-24-22(20)40-27(35)30-24)26(34)31(25(21)33)16-6-8-17(9-7-16)32(36)37/h1-11,20-21,23H,12H2,(H,30,35)/t20-,21-,23+/m0/s1. The van der Waals surface area contributed by atoms with Crippen molar-refractivity contribution < 1.29 is 19.2 Å². The van der Waals surface area contributed by atoms with Crippen molar-refractivity contribution in [1.82, 2.24) is 4.98 Å². The number of rotatable bonds is 6. The van der Waals surface area contributed by atoms with Crippen molar-refractivity contribution >= 4 is 73.8 Å². The molecule has 0 saturated carbocycles. The number of H-pyrrole nitrogens is 1. The number of benzene rings is 3. The van der Waals surface area contributed by atoms with Crippen LogP contribution in [0.2, 0.25) is 5.02 Å². The van der Waals surface area contributed by atoms with Gasteiger partial charge in [-0.15, -0.1) is 0 Å². The molecule has 0 radical (unpaired) electrons. The highest BCUT2D eigenvalue weighted by molar-refractivity contribution is 9.10. The van der Waals surface area contributed by atoms with Gasteiger partial charge in [-0.1, -0.05) is 62.8 Å². The number of hydrogen-bond acceptors (Lipinski definition) is 8. The molecule has 6 rings (SSSR count). The molecule has 1 aromatic heterocycles. The zero-order valence-corrected chi connectivity index (χ0v) is 24.2. The number of carbonyl (C=O) groups excluding carboxylic acids is 2. The SMILES string of the molecule is O=C1[C@H]2[C@H](c3cc(Br)ccc3OCc3ccc(Cl)cc3)c3sc(=O)[nH]c3S[C@H]2C(=O)N1c1ccc([N+](=O)[O-])cc1. The lowest BCUT2D eigenvalue weighted by Gasteiger charge is -2.31. The summed E-state index contributed by atoms with van der Waals surface area (Å²) in [4.78, 5) is 54.9. The van der Waals surface area contributed by atoms with Crippen LogP contribution in [-0.4, -0.2) is 27.0 Å². The highest BCUT2D eigenvalue weighted by atomic mass is 79.9. The molecule has 13 heteroatoms. The van der Waals surface area contributed by atoms with Crippen LogP contribution in [-0.2, 0) is 16.2 Å². The Kier molecular flexibility index (Phi) is 7.03. The molecule has 40 heavy (non-hydrogen) atoms. The predicted octanol–water partition coefficient (Wildman–Crippen LogP) is 6.14. The minimum absolute atomic E-state index is 0.149. The monoisotopic (exact) mass is 657 g/mol. The smallest absolute Gasteiger partial charge is 0.305 e. The van der Waals surface area contributed by atoms with Gasteiger partial charge in [0.05, 0.1) is 21.6 Å². The predicted molar refractivity (Wildman–Crippen MR) is 155 cm³/mol. The lowest BCUT2D eigenvalue weighted by atomic mass is 9.82. The molecule has 2 aliphatic rings. The average molecular weight is 659 g/mol. The zero-order chi connectivity index (χ0) is 28.1. The second-order valence-corrected chi connectivity index (χ2v) is 12.7. The van der Waals surface area contributed by atoms with E-state index in [0.29, 0.717) is 26.2 Å². The Hall–Kier alpha value is -3.45. The van der Waals surface area contributed by atoms with E-state index in [9.17, 15) is 24.5 Å². The summed E-state index contributed by atoms with van der Waals surface area (Å²) >= 11 is 11.7. The largest absolute Gasteiger partial charge is 0.489 e. The molecule has 3 atom stereocenters. The van der Waals surface area contributed by atoms with Crippen LogP contribution < -0.4 is 14.5 Å². The zero-order valence-electron chi connectivity index (χ0n) is 20.2. The number of nitro groups is 1. The van der Waals surface area contributed by atoms with E-state index in [-0.39, 0.29) is 22.9 Å². The normalized spacial score (nSPS) is 19.9. The van der Waals surface area contributed by atoms with Crippen molar-refractivity contribution in [2.75, 3.05) is 4.90 Å². The molecule has 2 amide bonds. The number of hydrogen-bond donors (Lipinski definition) is 1. The average Bonchev–Trinajstić information content (AvgIpc) is 3.43. The Labute approximate surface area is 248 Å². The van der Waals surface area contributed by atoms with Gasteiger partial charge in [0.25, 0.3) is 5.69 Å². The Morgan fingerprint density at radius 3 is 2.45 bits per heavy atom. The van der Waals surface area contributed by atoms with E-state index in [1.54, 1.807) is 18.2 Å². The second-order valence-electron chi connectivity index (χ2n) is 9.13. The lowest BCUT2D eigenvalue weighted by Crippen LogP contribution is -2.32. The van der Waals surface area contributed by atoms with E-state index in [4.69, 9.17) is 16.3 Å². The molecule has 2 aliphatic heterocycles. The first kappa shape index (κ1) is 26.8. The van der Waals surface area contributed by atoms with Crippen molar-refractivity contribution in [3.8, 4) is 5.75 Å². The van der Waals surface area contributed by atoms with Crippen LogP contribution in [0.4, 0.5) is 11.4 Å². The van der Waals surface area contributed by atoms with Gasteiger partial charge in [0, 0.05) is 38.0 Å². The maximum atomic E-state index is 14.0. The molecule has 0 aliphatic carbocycles. The number of nitrogens with zero attached hydrogens (tertiary/aromatic N) is 2. The van der Waals surface area contributed by atoms with Crippen molar-refractivity contribution in [3.05, 3.63) is 112 Å². The Bertz CT molecular complexity index is 1720. The number of aromatic amines is 1. The summed E-state index contributed by atoms with van der Waals surface area (Å²) in [6.45, 7) is 0.236. The minimum Gasteiger partial charge on any atom is -0.489 e. The molecule has 1 fully saturated rings. The van der Waals surface area contributed by atoms with E-state index in [0.717, 1.165) is 38.0 Å². The number of non-ortho nitro benzene ring substituents is 1. The fourth-order valence-electron chi connectivity index (χ4n) is 4.97. The lowest BCUT2D eigenvalue weighted by molar-refractivity contribution is -0.384. The van der Waals surface area contributed by atoms with E-state index < -0.39 is 33.8 Å². The first-order valence-corrected chi connectivity index (χ1v) is 14.8. The number of carbonyl (C=O) groups is 2. The molecule has 4 aromatic rings. The molecule has 1 saturated heterocycles. The van der Waals surface area contributed by atoms with Crippen LogP contribution in [0.5, 0.6) is 5.75 Å². The number of thioether (sulfide) groups is 1. The summed E-state index contributed by atoms with van der Waals surface area (Å²) in [6, 6.07) is 18.0. The van der Waals surface area contributed by atoms with Gasteiger partial charge in [-0.25, -0.2) is 4.90 Å². The second kappa shape index (κ2) is 10.5. The molecule has 3 heterocycles. The van der Waals surface area contributed by atoms with Crippen LogP contribution >= 0.6 is 50.6 Å². The van der Waals surface area contributed by atoms with Crippen LogP contribution in [0.1, 0.15) is 21.9 Å². The third-order valence-electron chi connectivity index (χ3n) is 6.76. The van der Waals surface area contributed by atoms with Gasteiger partial charge in [-0.05, 0) is 48.0 Å². The molecular weight excluding hydrogens is 642 g/mol. The number of nitrogens with one attached hydrogen (secondary N) is 1. The fourth-order valence-corrected chi connectivity index (χ4v) is 7.98. The number of anilines is 1. The van der Waals surface area contributed by atoms with Crippen molar-refractivity contribution in [3.63, 3.8) is 0 Å². The molecule has 0 bridgehead atoms. The number of thiazole rings is 1. The third kappa shape index (κ3) is 4.74. The van der Waals surface area contributed by atoms with Crippen molar-refractivity contribution in [1.29, 1.82) is 0 Å². The molecular formula is C27H17BrClN3O6S2. The Balaban J connectivity index is 1.42. The maximum absolute atomic E-state index is 14.0. The summed E-state index contributed by atoms with van der Waals surface area (Å²) in [7, 11) is 0. The Morgan fingerprint density at radius 2 is 1.75 bits per heavy atom. The number of imide groups is 1. The van der Waals surface area contributed by atoms with Crippen LogP contribution in [0.25, 0.3) is 0 Å². The Morgan fingerprint density at radius 1 is 1.02 bits per heavy atom. The number of aromatic nitrogens is 1. The maximum Gasteiger partial charge on any atom is 0.305 e. The summed E-state index contributed by atoms with van der Waals surface area (Å²) < 4.78 is 6.96. The van der Waals surface area contributed by atoms with Gasteiger partial charge in [0.15, 0.2) is 0 Å². The van der Waals surface area contributed by atoms with Gasteiger partial charge >= 0.3 is 4.87 Å². The van der Waals surface area contributed by atoms with Crippen molar-refractivity contribution in [2.24, 2.45) is 5.92 Å². The highest BCUT2D eigenvalue weighted by Gasteiger charge is 2.56. The topological polar surface area (TPSA) is 123 Å². The molecule has 202 valence electrons. The highest BCUT2D eigenvalue weighted by Crippen LogP contribution is 2.54. The summed E-state index contributed by atoms with van der Waals surface area (Å²) in [5, 5.41) is 11.4. The van der Waals surface area contributed by atoms with Crippen LogP contribution in [0, 0.1) is 16.0 Å². The van der Waals surface area contributed by atoms with Gasteiger partial charge in [-0.3, -0.25) is 24.5 Å². The summed E-state index contributed by atoms with van der Waals surface area (Å²) in [6.07, 6.45) is 0. The first-order valence-electron chi connectivity index (χ1n) is 11.9. The van der Waals surface area contributed by atoms with Crippen LogP contribution in [0.15, 0.2) is 81.0 Å². The first-order chi connectivity index (χ1) is 19.2. The van der Waals surface area contributed by atoms with Crippen molar-refractivity contribution in [2.45, 2.75) is 22.8 Å². The number of halogens is 2. The fraction of sp³-hybridized carbons (Fsp3) is 0.148. The van der Waals surface area contributed by atoms with E-state index in [1.165, 1.54) is 24.3 Å². The number of amides is 2. The van der Waals surface area contributed by atoms with Gasteiger partial charge < -0.3 is 9.72 Å². The van der Waals surface area contributed by atoms with E-state index in [2.05, 4.69) is 20.9 Å². The molecule has 1 N–H and O–H groups in total. The minimum atomic E-state index is -0.834. The molecule has 0 unspecified atom stereocenters. The molecule has 9 nitrogen and oxygen atoms in total. The van der Waals surface area contributed by atoms with Gasteiger partial charge in [-0.2, -0.15) is 0 Å². The summed E-state index contributed by atoms with van der Waals surface area (Å²) in [5.74, 6) is -1.87. The quantitative estimate of drug-likeness (QED) is 0.150. The third-order valence-corrected chi connectivity index (χ3v) is 9.90. The van der Waals surface area contributed by atoms with E-state index in [1.807, 2.05) is 24.3 Å². The number of ether oxygens (including phenoxy) is 1. The molecule has 3 aromatic carbocycles. The van der Waals surface area contributed by atoms with Gasteiger partial charge in [0.2, 0.25) is 11.8 Å². The summed E-state index contributed by atoms with van der Waals surface area (Å²) in [5.41, 5.74) is 1.64. The van der Waals surface area contributed by atoms with Crippen LogP contribution in [0.3, 0.4) is 0 Å².